The number of benzene rings is 1. The van der Waals surface area contributed by atoms with Gasteiger partial charge in [-0.3, -0.25) is 0 Å². The molecule has 1 aromatic carbocycles. The SMILES string of the molecule is CC(C)(C)NS(=O)(=O)c1cc(Br)c(Cl)c(C(=O)O)c1. The Kier molecular flexibility index (Phi) is 4.66. The van der Waals surface area contributed by atoms with E-state index in [1.165, 1.54) is 6.07 Å². The molecule has 0 atom stereocenters. The first-order valence-corrected chi connectivity index (χ1v) is 7.86. The van der Waals surface area contributed by atoms with Crippen LogP contribution >= 0.6 is 27.5 Å². The van der Waals surface area contributed by atoms with Gasteiger partial charge in [0, 0.05) is 10.0 Å². The molecule has 0 aliphatic rings. The van der Waals surface area contributed by atoms with Gasteiger partial charge >= 0.3 is 5.97 Å². The molecule has 0 heterocycles. The van der Waals surface area contributed by atoms with Crippen molar-refractivity contribution in [3.05, 3.63) is 27.2 Å². The summed E-state index contributed by atoms with van der Waals surface area (Å²) in [4.78, 5) is 10.9. The van der Waals surface area contributed by atoms with Crippen LogP contribution in [0.3, 0.4) is 0 Å². The number of carboxylic acid groups (broad SMARTS) is 1. The number of rotatable bonds is 3. The third-order valence-electron chi connectivity index (χ3n) is 1.98. The van der Waals surface area contributed by atoms with Crippen LogP contribution in [-0.2, 0) is 10.0 Å². The highest BCUT2D eigenvalue weighted by Gasteiger charge is 2.25. The van der Waals surface area contributed by atoms with Crippen molar-refractivity contribution >= 4 is 43.5 Å². The normalized spacial score (nSPS) is 12.5. The molecular formula is C11H13BrClNO4S. The quantitative estimate of drug-likeness (QED) is 0.857. The molecule has 0 radical (unpaired) electrons. The van der Waals surface area contributed by atoms with E-state index >= 15 is 0 Å². The molecule has 0 aliphatic carbocycles. The van der Waals surface area contributed by atoms with Gasteiger partial charge < -0.3 is 5.11 Å². The van der Waals surface area contributed by atoms with Gasteiger partial charge in [-0.15, -0.1) is 0 Å². The van der Waals surface area contributed by atoms with Gasteiger partial charge in [-0.1, -0.05) is 11.6 Å². The van der Waals surface area contributed by atoms with Crippen LogP contribution in [0.2, 0.25) is 5.02 Å². The Labute approximate surface area is 125 Å². The zero-order chi connectivity index (χ0) is 15.0. The molecule has 2 N–H and O–H groups in total. The van der Waals surface area contributed by atoms with E-state index in [0.29, 0.717) is 0 Å². The molecule has 0 bridgehead atoms. The summed E-state index contributed by atoms with van der Waals surface area (Å²) in [5.74, 6) is -1.29. The highest BCUT2D eigenvalue weighted by Crippen LogP contribution is 2.30. The van der Waals surface area contributed by atoms with Gasteiger partial charge in [-0.2, -0.15) is 0 Å². The van der Waals surface area contributed by atoms with Crippen molar-refractivity contribution in [1.29, 1.82) is 0 Å². The Morgan fingerprint density at radius 1 is 1.37 bits per heavy atom. The summed E-state index contributed by atoms with van der Waals surface area (Å²) >= 11 is 8.85. The van der Waals surface area contributed by atoms with Crippen LogP contribution in [0, 0.1) is 0 Å². The van der Waals surface area contributed by atoms with Gasteiger partial charge in [0.2, 0.25) is 10.0 Å². The fourth-order valence-electron chi connectivity index (χ4n) is 1.34. The highest BCUT2D eigenvalue weighted by atomic mass is 79.9. The molecule has 19 heavy (non-hydrogen) atoms. The minimum absolute atomic E-state index is 0.0396. The number of aromatic carboxylic acids is 1. The molecule has 0 saturated heterocycles. The molecular weight excluding hydrogens is 358 g/mol. The Morgan fingerprint density at radius 3 is 2.32 bits per heavy atom. The average molecular weight is 371 g/mol. The summed E-state index contributed by atoms with van der Waals surface area (Å²) in [6.45, 7) is 5.06. The average Bonchev–Trinajstić information content (AvgIpc) is 2.17. The largest absolute Gasteiger partial charge is 0.478 e. The van der Waals surface area contributed by atoms with Crippen molar-refractivity contribution in [2.75, 3.05) is 0 Å². The van der Waals surface area contributed by atoms with Gasteiger partial charge in [-0.25, -0.2) is 17.9 Å². The maximum atomic E-state index is 12.1. The third-order valence-corrected chi connectivity index (χ3v) is 4.98. The van der Waals surface area contributed by atoms with Gasteiger partial charge in [0.1, 0.15) is 0 Å². The molecule has 1 aromatic rings. The smallest absolute Gasteiger partial charge is 0.337 e. The van der Waals surface area contributed by atoms with Crippen LogP contribution in [0.1, 0.15) is 31.1 Å². The second kappa shape index (κ2) is 5.40. The molecule has 0 fully saturated rings. The predicted molar refractivity (Wildman–Crippen MR) is 76.2 cm³/mol. The lowest BCUT2D eigenvalue weighted by Crippen LogP contribution is -2.40. The van der Waals surface area contributed by atoms with Crippen molar-refractivity contribution in [1.82, 2.24) is 4.72 Å². The Hall–Kier alpha value is -0.630. The summed E-state index contributed by atoms with van der Waals surface area (Å²) in [7, 11) is -3.82. The molecule has 0 unspecified atom stereocenters. The Morgan fingerprint density at radius 2 is 1.89 bits per heavy atom. The Balaban J connectivity index is 3.41. The van der Waals surface area contributed by atoms with Crippen LogP contribution < -0.4 is 4.72 Å². The minimum Gasteiger partial charge on any atom is -0.478 e. The number of hydrogen-bond donors (Lipinski definition) is 2. The van der Waals surface area contributed by atoms with Crippen molar-refractivity contribution in [3.8, 4) is 0 Å². The fraction of sp³-hybridized carbons (Fsp3) is 0.364. The van der Waals surface area contributed by atoms with Gasteiger partial charge in [0.25, 0.3) is 0 Å². The van der Waals surface area contributed by atoms with Crippen LogP contribution in [0.15, 0.2) is 21.5 Å². The fourth-order valence-corrected chi connectivity index (χ4v) is 3.61. The van der Waals surface area contributed by atoms with Crippen molar-refractivity contribution in [2.24, 2.45) is 0 Å². The monoisotopic (exact) mass is 369 g/mol. The first-order valence-electron chi connectivity index (χ1n) is 5.20. The van der Waals surface area contributed by atoms with Crippen molar-refractivity contribution in [2.45, 2.75) is 31.2 Å². The number of sulfonamides is 1. The standard InChI is InChI=1S/C11H13BrClNO4S/c1-11(2,3)14-19(17,18)6-4-7(10(15)16)9(13)8(12)5-6/h4-5,14H,1-3H3,(H,15,16). The maximum absolute atomic E-state index is 12.1. The first-order chi connectivity index (χ1) is 8.44. The maximum Gasteiger partial charge on any atom is 0.337 e. The van der Waals surface area contributed by atoms with E-state index < -0.39 is 21.5 Å². The van der Waals surface area contributed by atoms with E-state index in [9.17, 15) is 13.2 Å². The van der Waals surface area contributed by atoms with Crippen molar-refractivity contribution in [3.63, 3.8) is 0 Å². The topological polar surface area (TPSA) is 83.5 Å². The summed E-state index contributed by atoms with van der Waals surface area (Å²) in [5.41, 5.74) is -0.945. The number of halogens is 2. The number of carbonyl (C=O) groups is 1. The molecule has 106 valence electrons. The molecule has 0 spiro atoms. The van der Waals surface area contributed by atoms with Crippen LogP contribution in [0.25, 0.3) is 0 Å². The lowest BCUT2D eigenvalue weighted by atomic mass is 10.1. The lowest BCUT2D eigenvalue weighted by Gasteiger charge is -2.20. The van der Waals surface area contributed by atoms with E-state index in [1.54, 1.807) is 20.8 Å². The van der Waals surface area contributed by atoms with Crippen molar-refractivity contribution < 1.29 is 18.3 Å². The van der Waals surface area contributed by atoms with Gasteiger partial charge in [-0.05, 0) is 48.8 Å². The predicted octanol–water partition coefficient (Wildman–Crippen LogP) is 2.88. The molecule has 0 aromatic heterocycles. The van der Waals surface area contributed by atoms with E-state index in [4.69, 9.17) is 16.7 Å². The summed E-state index contributed by atoms with van der Waals surface area (Å²) in [6.07, 6.45) is 0. The first kappa shape index (κ1) is 16.4. The summed E-state index contributed by atoms with van der Waals surface area (Å²) in [6, 6.07) is 2.30. The molecule has 5 nitrogen and oxygen atoms in total. The molecule has 0 amide bonds. The zero-order valence-corrected chi connectivity index (χ0v) is 13.6. The number of nitrogens with one attached hydrogen (secondary N) is 1. The van der Waals surface area contributed by atoms with Gasteiger partial charge in [0.15, 0.2) is 0 Å². The number of hydrogen-bond acceptors (Lipinski definition) is 3. The second-order valence-electron chi connectivity index (χ2n) is 4.93. The minimum atomic E-state index is -3.82. The van der Waals surface area contributed by atoms with E-state index in [1.807, 2.05) is 0 Å². The van der Waals surface area contributed by atoms with Gasteiger partial charge in [0.05, 0.1) is 15.5 Å². The number of carboxylic acids is 1. The second-order valence-corrected chi connectivity index (χ2v) is 7.84. The Bertz CT molecular complexity index is 622. The van der Waals surface area contributed by atoms with Crippen LogP contribution in [-0.4, -0.2) is 25.0 Å². The molecule has 0 saturated carbocycles. The van der Waals surface area contributed by atoms with E-state index in [2.05, 4.69) is 20.7 Å². The van der Waals surface area contributed by atoms with E-state index in [-0.39, 0.29) is 20.0 Å². The summed E-state index contributed by atoms with van der Waals surface area (Å²) < 4.78 is 26.9. The molecule has 0 aliphatic heterocycles. The van der Waals surface area contributed by atoms with E-state index in [0.717, 1.165) is 6.07 Å². The molecule has 8 heteroatoms. The van der Waals surface area contributed by atoms with Crippen LogP contribution in [0.5, 0.6) is 0 Å². The highest BCUT2D eigenvalue weighted by molar-refractivity contribution is 9.10. The van der Waals surface area contributed by atoms with Crippen LogP contribution in [0.4, 0.5) is 0 Å². The third kappa shape index (κ3) is 4.17. The lowest BCUT2D eigenvalue weighted by molar-refractivity contribution is 0.0696. The summed E-state index contributed by atoms with van der Waals surface area (Å²) in [5, 5.41) is 8.95. The zero-order valence-electron chi connectivity index (χ0n) is 10.5. The molecule has 1 rings (SSSR count).